The Hall–Kier alpha value is -2.15. The maximum atomic E-state index is 13.8. The number of amides is 1. The minimum atomic E-state index is -1.25. The Labute approximate surface area is 114 Å². The predicted molar refractivity (Wildman–Crippen MR) is 69.2 cm³/mol. The third-order valence-corrected chi connectivity index (χ3v) is 3.26. The molecule has 0 unspecified atom stereocenters. The molecule has 3 N–H and O–H groups in total. The highest BCUT2D eigenvalue weighted by Crippen LogP contribution is 2.26. The summed E-state index contributed by atoms with van der Waals surface area (Å²) in [6.07, 6.45) is 0.293. The van der Waals surface area contributed by atoms with Crippen LogP contribution in [0.25, 0.3) is 0 Å². The summed E-state index contributed by atoms with van der Waals surface area (Å²) in [5.41, 5.74) is -1.05. The van der Waals surface area contributed by atoms with Crippen molar-refractivity contribution in [2.45, 2.75) is 12.0 Å². The van der Waals surface area contributed by atoms with Gasteiger partial charge >= 0.3 is 5.97 Å². The Morgan fingerprint density at radius 1 is 1.45 bits per heavy atom. The summed E-state index contributed by atoms with van der Waals surface area (Å²) in [6.45, 7) is 0.346. The highest BCUT2D eigenvalue weighted by molar-refractivity contribution is 5.94. The molecule has 1 aliphatic rings. The van der Waals surface area contributed by atoms with Crippen LogP contribution in [0.5, 0.6) is 0 Å². The molecule has 1 fully saturated rings. The first-order chi connectivity index (χ1) is 9.48. The third kappa shape index (κ3) is 2.57. The van der Waals surface area contributed by atoms with Gasteiger partial charge in [0.25, 0.3) is 5.91 Å². The summed E-state index contributed by atoms with van der Waals surface area (Å²) in [7, 11) is 1.41. The van der Waals surface area contributed by atoms with E-state index >= 15 is 0 Å². The molecule has 1 amide bonds. The van der Waals surface area contributed by atoms with E-state index in [2.05, 4.69) is 10.6 Å². The van der Waals surface area contributed by atoms with E-state index in [0.29, 0.717) is 18.7 Å². The van der Waals surface area contributed by atoms with Gasteiger partial charge in [0.1, 0.15) is 5.82 Å². The van der Waals surface area contributed by atoms with Crippen molar-refractivity contribution >= 4 is 17.6 Å². The number of hydrogen-bond donors (Lipinski definition) is 3. The van der Waals surface area contributed by atoms with E-state index in [1.54, 1.807) is 0 Å². The van der Waals surface area contributed by atoms with Gasteiger partial charge in [-0.2, -0.15) is 0 Å². The minimum absolute atomic E-state index is 0.0150. The molecule has 1 heterocycles. The van der Waals surface area contributed by atoms with Crippen molar-refractivity contribution in [2.24, 2.45) is 0 Å². The van der Waals surface area contributed by atoms with Crippen LogP contribution in [0.4, 0.5) is 10.1 Å². The first-order valence-electron chi connectivity index (χ1n) is 6.09. The number of carbonyl (C=O) groups excluding carboxylic acids is 1. The fourth-order valence-electron chi connectivity index (χ4n) is 2.07. The average Bonchev–Trinajstić information content (AvgIpc) is 2.88. The number of rotatable bonds is 4. The van der Waals surface area contributed by atoms with Gasteiger partial charge in [0.05, 0.1) is 12.2 Å². The second-order valence-electron chi connectivity index (χ2n) is 4.59. The van der Waals surface area contributed by atoms with E-state index < -0.39 is 23.2 Å². The smallest absolute Gasteiger partial charge is 0.331 e. The molecule has 1 aromatic rings. The van der Waals surface area contributed by atoms with E-state index in [-0.39, 0.29) is 12.2 Å². The van der Waals surface area contributed by atoms with Gasteiger partial charge in [0, 0.05) is 25.8 Å². The molecular formula is C13H15FN2O4. The van der Waals surface area contributed by atoms with Gasteiger partial charge in [-0.15, -0.1) is 0 Å². The second kappa shape index (κ2) is 5.46. The minimum Gasteiger partial charge on any atom is -0.479 e. The summed E-state index contributed by atoms with van der Waals surface area (Å²) in [5.74, 6) is -2.30. The molecule has 20 heavy (non-hydrogen) atoms. The lowest BCUT2D eigenvalue weighted by Crippen LogP contribution is -2.47. The number of ether oxygens (including phenoxy) is 1. The first-order valence-corrected chi connectivity index (χ1v) is 6.09. The van der Waals surface area contributed by atoms with E-state index in [9.17, 15) is 19.1 Å². The molecule has 0 aromatic heterocycles. The van der Waals surface area contributed by atoms with Crippen molar-refractivity contribution in [3.63, 3.8) is 0 Å². The Kier molecular flexibility index (Phi) is 3.89. The normalized spacial score (nSPS) is 21.5. The summed E-state index contributed by atoms with van der Waals surface area (Å²) < 4.78 is 18.9. The Balaban J connectivity index is 2.24. The number of carbonyl (C=O) groups is 2. The van der Waals surface area contributed by atoms with Crippen LogP contribution in [0, 0.1) is 5.82 Å². The maximum Gasteiger partial charge on any atom is 0.331 e. The van der Waals surface area contributed by atoms with Gasteiger partial charge in [-0.1, -0.05) is 0 Å². The van der Waals surface area contributed by atoms with Crippen molar-refractivity contribution in [1.29, 1.82) is 0 Å². The molecule has 108 valence electrons. The summed E-state index contributed by atoms with van der Waals surface area (Å²) in [4.78, 5) is 22.7. The summed E-state index contributed by atoms with van der Waals surface area (Å²) >= 11 is 0. The van der Waals surface area contributed by atoms with Crippen LogP contribution in [0.3, 0.4) is 0 Å². The average molecular weight is 282 g/mol. The van der Waals surface area contributed by atoms with E-state index in [1.807, 2.05) is 0 Å². The third-order valence-electron chi connectivity index (χ3n) is 3.26. The zero-order chi connectivity index (χ0) is 14.8. The van der Waals surface area contributed by atoms with Crippen LogP contribution in [0.2, 0.25) is 0 Å². The highest BCUT2D eigenvalue weighted by atomic mass is 19.1. The van der Waals surface area contributed by atoms with E-state index in [4.69, 9.17) is 4.74 Å². The standard InChI is InChI=1S/C13H15FN2O4/c1-15-11(17)9-3-2-8(6-10(9)14)16-13(12(18)19)4-5-20-7-13/h2-3,6,16H,4-5,7H2,1H3,(H,15,17)(H,18,19)/t13-/m0/s1. The van der Waals surface area contributed by atoms with Crippen LogP contribution in [0.1, 0.15) is 16.8 Å². The maximum absolute atomic E-state index is 13.8. The molecule has 1 atom stereocenters. The fourth-order valence-corrected chi connectivity index (χ4v) is 2.07. The fraction of sp³-hybridized carbons (Fsp3) is 0.385. The molecule has 1 aliphatic heterocycles. The largest absolute Gasteiger partial charge is 0.479 e. The molecule has 1 aromatic carbocycles. The van der Waals surface area contributed by atoms with Crippen molar-refractivity contribution in [1.82, 2.24) is 5.32 Å². The molecule has 0 aliphatic carbocycles. The van der Waals surface area contributed by atoms with Gasteiger partial charge in [-0.05, 0) is 18.2 Å². The molecule has 2 rings (SSSR count). The van der Waals surface area contributed by atoms with Gasteiger partial charge in [0.2, 0.25) is 0 Å². The Morgan fingerprint density at radius 2 is 2.20 bits per heavy atom. The Morgan fingerprint density at radius 3 is 2.70 bits per heavy atom. The number of aliphatic carboxylic acids is 1. The molecule has 0 bridgehead atoms. The molecule has 1 saturated heterocycles. The van der Waals surface area contributed by atoms with Crippen LogP contribution < -0.4 is 10.6 Å². The Bertz CT molecular complexity index is 541. The first kappa shape index (κ1) is 14.3. The van der Waals surface area contributed by atoms with E-state index in [0.717, 1.165) is 6.07 Å². The number of carboxylic acid groups (broad SMARTS) is 1. The van der Waals surface area contributed by atoms with Crippen molar-refractivity contribution < 1.29 is 23.8 Å². The number of benzene rings is 1. The predicted octanol–water partition coefficient (Wildman–Crippen LogP) is 0.841. The monoisotopic (exact) mass is 282 g/mol. The van der Waals surface area contributed by atoms with Gasteiger partial charge < -0.3 is 20.5 Å². The molecular weight excluding hydrogens is 267 g/mol. The van der Waals surface area contributed by atoms with Crippen molar-refractivity contribution in [3.05, 3.63) is 29.6 Å². The van der Waals surface area contributed by atoms with Crippen LogP contribution in [-0.2, 0) is 9.53 Å². The summed E-state index contributed by atoms with van der Waals surface area (Å²) in [5, 5.41) is 14.4. The number of hydrogen-bond acceptors (Lipinski definition) is 4. The topological polar surface area (TPSA) is 87.7 Å². The van der Waals surface area contributed by atoms with E-state index in [1.165, 1.54) is 19.2 Å². The lowest BCUT2D eigenvalue weighted by atomic mass is 9.98. The number of carboxylic acids is 1. The van der Waals surface area contributed by atoms with Crippen LogP contribution in [-0.4, -0.2) is 42.8 Å². The number of nitrogens with one attached hydrogen (secondary N) is 2. The van der Waals surface area contributed by atoms with Crippen LogP contribution >= 0.6 is 0 Å². The highest BCUT2D eigenvalue weighted by Gasteiger charge is 2.42. The zero-order valence-electron chi connectivity index (χ0n) is 10.9. The SMILES string of the molecule is CNC(=O)c1ccc(N[C@@]2(C(=O)O)CCOC2)cc1F. The quantitative estimate of drug-likeness (QED) is 0.761. The number of anilines is 1. The lowest BCUT2D eigenvalue weighted by molar-refractivity contribution is -0.142. The van der Waals surface area contributed by atoms with Gasteiger partial charge in [-0.25, -0.2) is 9.18 Å². The van der Waals surface area contributed by atoms with Crippen LogP contribution in [0.15, 0.2) is 18.2 Å². The zero-order valence-corrected chi connectivity index (χ0v) is 10.9. The molecule has 6 nitrogen and oxygen atoms in total. The second-order valence-corrected chi connectivity index (χ2v) is 4.59. The van der Waals surface area contributed by atoms with Crippen molar-refractivity contribution in [3.8, 4) is 0 Å². The molecule has 7 heteroatoms. The van der Waals surface area contributed by atoms with Gasteiger partial charge in [-0.3, -0.25) is 4.79 Å². The molecule has 0 spiro atoms. The lowest BCUT2D eigenvalue weighted by Gasteiger charge is -2.25. The summed E-state index contributed by atoms with van der Waals surface area (Å²) in [6, 6.07) is 3.88. The molecule has 0 radical (unpaired) electrons. The molecule has 0 saturated carbocycles. The van der Waals surface area contributed by atoms with Crippen molar-refractivity contribution in [2.75, 3.05) is 25.6 Å². The number of halogens is 1. The van der Waals surface area contributed by atoms with Gasteiger partial charge in [0.15, 0.2) is 5.54 Å².